The molecule has 3 heterocycles. The fourth-order valence-electron chi connectivity index (χ4n) is 3.97. The molecule has 1 aromatic carbocycles. The zero-order chi connectivity index (χ0) is 18.1. The van der Waals surface area contributed by atoms with Crippen LogP contribution in [0.25, 0.3) is 0 Å². The lowest BCUT2D eigenvalue weighted by molar-refractivity contribution is 0.187. The molecule has 140 valence electrons. The van der Waals surface area contributed by atoms with Crippen molar-refractivity contribution in [2.75, 3.05) is 20.8 Å². The molecule has 2 aromatic rings. The van der Waals surface area contributed by atoms with E-state index in [0.717, 1.165) is 61.2 Å². The molecule has 2 aliphatic heterocycles. The number of aromatic nitrogens is 3. The summed E-state index contributed by atoms with van der Waals surface area (Å²) in [6, 6.07) is 4.21. The molecule has 0 unspecified atom stereocenters. The predicted molar refractivity (Wildman–Crippen MR) is 102 cm³/mol. The van der Waals surface area contributed by atoms with E-state index in [4.69, 9.17) is 26.8 Å². The SMILES string of the molecule is COc1cc2c(cc1OC)CN(Cn1nc3n(c1=S)CCCCC3)CC2. The number of hydrogen-bond donors (Lipinski definition) is 0. The van der Waals surface area contributed by atoms with Crippen LogP contribution in [0.15, 0.2) is 12.1 Å². The molecule has 2 aliphatic rings. The summed E-state index contributed by atoms with van der Waals surface area (Å²) in [5, 5.41) is 4.81. The Morgan fingerprint density at radius 2 is 1.77 bits per heavy atom. The van der Waals surface area contributed by atoms with Crippen molar-refractivity contribution in [3.63, 3.8) is 0 Å². The van der Waals surface area contributed by atoms with E-state index in [1.54, 1.807) is 14.2 Å². The Labute approximate surface area is 159 Å². The third-order valence-corrected chi connectivity index (χ3v) is 5.84. The van der Waals surface area contributed by atoms with Crippen LogP contribution in [0.5, 0.6) is 11.5 Å². The molecular weight excluding hydrogens is 348 g/mol. The third kappa shape index (κ3) is 3.25. The van der Waals surface area contributed by atoms with Crippen LogP contribution in [0.1, 0.15) is 36.2 Å². The number of aryl methyl sites for hydroxylation is 1. The second kappa shape index (κ2) is 7.40. The molecule has 0 saturated carbocycles. The summed E-state index contributed by atoms with van der Waals surface area (Å²) in [7, 11) is 3.37. The van der Waals surface area contributed by atoms with Gasteiger partial charge in [-0.05, 0) is 54.7 Å². The Bertz CT molecular complexity index is 858. The molecular formula is C19H26N4O2S. The molecule has 0 radical (unpaired) electrons. The Morgan fingerprint density at radius 1 is 1.00 bits per heavy atom. The first-order chi connectivity index (χ1) is 12.7. The summed E-state index contributed by atoms with van der Waals surface area (Å²) in [5.41, 5.74) is 2.63. The summed E-state index contributed by atoms with van der Waals surface area (Å²) in [6.45, 7) is 3.62. The number of hydrogen-bond acceptors (Lipinski definition) is 5. The molecule has 1 aromatic heterocycles. The van der Waals surface area contributed by atoms with Gasteiger partial charge in [-0.3, -0.25) is 4.90 Å². The fraction of sp³-hybridized carbons (Fsp3) is 0.579. The summed E-state index contributed by atoms with van der Waals surface area (Å²) in [4.78, 5) is 2.40. The van der Waals surface area contributed by atoms with Crippen LogP contribution >= 0.6 is 12.2 Å². The van der Waals surface area contributed by atoms with Crippen LogP contribution in [0.4, 0.5) is 0 Å². The molecule has 0 spiro atoms. The average molecular weight is 375 g/mol. The average Bonchev–Trinajstić information content (AvgIpc) is 2.83. The van der Waals surface area contributed by atoms with Gasteiger partial charge < -0.3 is 14.0 Å². The lowest BCUT2D eigenvalue weighted by atomic mass is 9.99. The topological polar surface area (TPSA) is 44.5 Å². The van der Waals surface area contributed by atoms with Crippen molar-refractivity contribution in [2.24, 2.45) is 0 Å². The van der Waals surface area contributed by atoms with E-state index in [1.165, 1.54) is 30.4 Å². The molecule has 0 N–H and O–H groups in total. The zero-order valence-electron chi connectivity index (χ0n) is 15.5. The minimum Gasteiger partial charge on any atom is -0.493 e. The van der Waals surface area contributed by atoms with Gasteiger partial charge in [0, 0.05) is 26.1 Å². The number of ether oxygens (including phenoxy) is 2. The summed E-state index contributed by atoms with van der Waals surface area (Å²) < 4.78 is 16.0. The van der Waals surface area contributed by atoms with Crippen LogP contribution in [-0.4, -0.2) is 40.0 Å². The number of rotatable bonds is 4. The van der Waals surface area contributed by atoms with Gasteiger partial charge in [0.05, 0.1) is 20.9 Å². The van der Waals surface area contributed by atoms with Gasteiger partial charge >= 0.3 is 0 Å². The van der Waals surface area contributed by atoms with Crippen molar-refractivity contribution in [1.29, 1.82) is 0 Å². The maximum Gasteiger partial charge on any atom is 0.199 e. The molecule has 0 fully saturated rings. The van der Waals surface area contributed by atoms with Crippen LogP contribution in [0.3, 0.4) is 0 Å². The Morgan fingerprint density at radius 3 is 2.54 bits per heavy atom. The number of nitrogens with zero attached hydrogens (tertiary/aromatic N) is 4. The lowest BCUT2D eigenvalue weighted by Gasteiger charge is -2.29. The highest BCUT2D eigenvalue weighted by molar-refractivity contribution is 7.71. The maximum atomic E-state index is 5.69. The fourth-order valence-corrected chi connectivity index (χ4v) is 4.26. The normalized spacial score (nSPS) is 17.3. The third-order valence-electron chi connectivity index (χ3n) is 5.41. The molecule has 6 nitrogen and oxygen atoms in total. The largest absolute Gasteiger partial charge is 0.493 e. The first-order valence-electron chi connectivity index (χ1n) is 9.32. The van der Waals surface area contributed by atoms with E-state index in [2.05, 4.69) is 21.6 Å². The summed E-state index contributed by atoms with van der Waals surface area (Å²) >= 11 is 5.69. The van der Waals surface area contributed by atoms with Crippen LogP contribution in [0, 0.1) is 4.77 Å². The van der Waals surface area contributed by atoms with Crippen molar-refractivity contribution < 1.29 is 9.47 Å². The highest BCUT2D eigenvalue weighted by Gasteiger charge is 2.21. The second-order valence-electron chi connectivity index (χ2n) is 7.08. The van der Waals surface area contributed by atoms with Crippen molar-refractivity contribution in [3.8, 4) is 11.5 Å². The molecule has 4 rings (SSSR count). The molecule has 0 aliphatic carbocycles. The minimum atomic E-state index is 0.743. The summed E-state index contributed by atoms with van der Waals surface area (Å²) in [5.74, 6) is 2.74. The molecule has 7 heteroatoms. The van der Waals surface area contributed by atoms with Gasteiger partial charge in [0.15, 0.2) is 16.3 Å². The van der Waals surface area contributed by atoms with Crippen LogP contribution < -0.4 is 9.47 Å². The van der Waals surface area contributed by atoms with E-state index < -0.39 is 0 Å². The lowest BCUT2D eigenvalue weighted by Crippen LogP contribution is -2.33. The van der Waals surface area contributed by atoms with Gasteiger partial charge in [-0.1, -0.05) is 6.42 Å². The number of benzene rings is 1. The van der Waals surface area contributed by atoms with Gasteiger partial charge in [0.2, 0.25) is 0 Å². The van der Waals surface area contributed by atoms with E-state index in [0.29, 0.717) is 0 Å². The van der Waals surface area contributed by atoms with E-state index in [-0.39, 0.29) is 0 Å². The molecule has 0 saturated heterocycles. The minimum absolute atomic E-state index is 0.743. The predicted octanol–water partition coefficient (Wildman–Crippen LogP) is 3.17. The van der Waals surface area contributed by atoms with Gasteiger partial charge in [-0.2, -0.15) is 5.10 Å². The monoisotopic (exact) mass is 374 g/mol. The molecule has 0 atom stereocenters. The first-order valence-corrected chi connectivity index (χ1v) is 9.73. The van der Waals surface area contributed by atoms with Crippen molar-refractivity contribution in [3.05, 3.63) is 33.9 Å². The van der Waals surface area contributed by atoms with Gasteiger partial charge in [-0.15, -0.1) is 0 Å². The van der Waals surface area contributed by atoms with E-state index in [9.17, 15) is 0 Å². The molecule has 0 amide bonds. The van der Waals surface area contributed by atoms with Crippen molar-refractivity contribution >= 4 is 12.2 Å². The molecule has 0 bridgehead atoms. The van der Waals surface area contributed by atoms with Crippen molar-refractivity contribution in [2.45, 2.75) is 51.9 Å². The highest BCUT2D eigenvalue weighted by Crippen LogP contribution is 2.33. The Balaban J connectivity index is 1.54. The first kappa shape index (κ1) is 17.5. The second-order valence-corrected chi connectivity index (χ2v) is 7.45. The quantitative estimate of drug-likeness (QED) is 0.769. The highest BCUT2D eigenvalue weighted by atomic mass is 32.1. The van der Waals surface area contributed by atoms with Gasteiger partial charge in [0.25, 0.3) is 0 Å². The molecule has 26 heavy (non-hydrogen) atoms. The van der Waals surface area contributed by atoms with Gasteiger partial charge in [-0.25, -0.2) is 4.68 Å². The smallest absolute Gasteiger partial charge is 0.199 e. The van der Waals surface area contributed by atoms with Crippen LogP contribution in [0.2, 0.25) is 0 Å². The maximum absolute atomic E-state index is 5.69. The van der Waals surface area contributed by atoms with Crippen molar-refractivity contribution in [1.82, 2.24) is 19.2 Å². The summed E-state index contributed by atoms with van der Waals surface area (Å²) in [6.07, 6.45) is 5.72. The Hall–Kier alpha value is -1.86. The van der Waals surface area contributed by atoms with Crippen LogP contribution in [-0.2, 0) is 32.6 Å². The number of fused-ring (bicyclic) bond motifs is 2. The van der Waals surface area contributed by atoms with Gasteiger partial charge in [0.1, 0.15) is 5.82 Å². The van der Waals surface area contributed by atoms with E-state index in [1.807, 2.05) is 4.68 Å². The van der Waals surface area contributed by atoms with E-state index >= 15 is 0 Å². The standard InChI is InChI=1S/C19H26N4O2S/c1-24-16-10-14-7-9-21(12-15(14)11-17(16)25-2)13-23-19(26)22-8-5-3-4-6-18(22)20-23/h10-11H,3-9,12-13H2,1-2H3. The Kier molecular flexibility index (Phi) is 5.00. The zero-order valence-corrected chi connectivity index (χ0v) is 16.3. The number of methoxy groups -OCH3 is 2.